The van der Waals surface area contributed by atoms with Crippen molar-refractivity contribution in [3.05, 3.63) is 35.4 Å². The molecule has 0 spiro atoms. The van der Waals surface area contributed by atoms with Crippen LogP contribution in [0.25, 0.3) is 0 Å². The van der Waals surface area contributed by atoms with E-state index < -0.39 is 0 Å². The van der Waals surface area contributed by atoms with Gasteiger partial charge in [0.2, 0.25) is 5.91 Å². The Balaban J connectivity index is 2.77. The predicted octanol–water partition coefficient (Wildman–Crippen LogP) is 1.94. The molecule has 0 aliphatic heterocycles. The molecular formula is C14H18N2O2. The molecule has 0 atom stereocenters. The van der Waals surface area contributed by atoms with Crippen molar-refractivity contribution in [3.63, 3.8) is 0 Å². The molecule has 0 fully saturated rings. The van der Waals surface area contributed by atoms with E-state index in [1.165, 1.54) is 7.11 Å². The molecule has 4 nitrogen and oxygen atoms in total. The topological polar surface area (TPSA) is 53.3 Å². The van der Waals surface area contributed by atoms with Gasteiger partial charge >= 0.3 is 0 Å². The molecule has 1 aromatic rings. The van der Waals surface area contributed by atoms with Gasteiger partial charge in [0, 0.05) is 19.7 Å². The SMILES string of the molecule is COCC(=O)N(Cc1ccc(C#N)cc1)C(C)C. The lowest BCUT2D eigenvalue weighted by Gasteiger charge is -2.26. The summed E-state index contributed by atoms with van der Waals surface area (Å²) in [6.45, 7) is 4.56. The van der Waals surface area contributed by atoms with Crippen molar-refractivity contribution in [1.82, 2.24) is 4.90 Å². The third-order valence-corrected chi connectivity index (χ3v) is 2.65. The van der Waals surface area contributed by atoms with Gasteiger partial charge in [-0.25, -0.2) is 0 Å². The van der Waals surface area contributed by atoms with Crippen LogP contribution in [0.2, 0.25) is 0 Å². The fraction of sp³-hybridized carbons (Fsp3) is 0.429. The smallest absolute Gasteiger partial charge is 0.249 e. The molecule has 0 N–H and O–H groups in total. The largest absolute Gasteiger partial charge is 0.375 e. The highest BCUT2D eigenvalue weighted by atomic mass is 16.5. The van der Waals surface area contributed by atoms with Crippen LogP contribution in [0.1, 0.15) is 25.0 Å². The number of nitriles is 1. The Bertz CT molecular complexity index is 432. The summed E-state index contributed by atoms with van der Waals surface area (Å²) in [4.78, 5) is 13.6. The maximum atomic E-state index is 11.9. The fourth-order valence-electron chi connectivity index (χ4n) is 1.65. The molecular weight excluding hydrogens is 228 g/mol. The van der Waals surface area contributed by atoms with E-state index >= 15 is 0 Å². The Kier molecular flexibility index (Phi) is 5.34. The van der Waals surface area contributed by atoms with E-state index in [9.17, 15) is 4.79 Å². The third kappa shape index (κ3) is 3.86. The van der Waals surface area contributed by atoms with E-state index in [2.05, 4.69) is 6.07 Å². The normalized spacial score (nSPS) is 10.2. The molecule has 0 unspecified atom stereocenters. The lowest BCUT2D eigenvalue weighted by Crippen LogP contribution is -2.38. The molecule has 0 aliphatic rings. The first-order chi connectivity index (χ1) is 8.58. The van der Waals surface area contributed by atoms with E-state index in [4.69, 9.17) is 10.00 Å². The molecule has 0 saturated carbocycles. The summed E-state index contributed by atoms with van der Waals surface area (Å²) in [5, 5.41) is 8.73. The first-order valence-corrected chi connectivity index (χ1v) is 5.86. The number of methoxy groups -OCH3 is 1. The number of carbonyl (C=O) groups is 1. The Labute approximate surface area is 108 Å². The van der Waals surface area contributed by atoms with Crippen molar-refractivity contribution in [2.75, 3.05) is 13.7 Å². The molecule has 18 heavy (non-hydrogen) atoms. The monoisotopic (exact) mass is 246 g/mol. The van der Waals surface area contributed by atoms with Crippen LogP contribution in [-0.4, -0.2) is 30.6 Å². The zero-order valence-electron chi connectivity index (χ0n) is 11.0. The van der Waals surface area contributed by atoms with Gasteiger partial charge in [0.25, 0.3) is 0 Å². The predicted molar refractivity (Wildman–Crippen MR) is 68.7 cm³/mol. The minimum Gasteiger partial charge on any atom is -0.375 e. The summed E-state index contributed by atoms with van der Waals surface area (Å²) in [5.41, 5.74) is 1.63. The molecule has 0 aliphatic carbocycles. The molecule has 4 heteroatoms. The summed E-state index contributed by atoms with van der Waals surface area (Å²) < 4.78 is 4.87. The van der Waals surface area contributed by atoms with Crippen molar-refractivity contribution >= 4 is 5.91 Å². The number of amides is 1. The van der Waals surface area contributed by atoms with Crippen LogP contribution in [0.4, 0.5) is 0 Å². The maximum absolute atomic E-state index is 11.9. The first-order valence-electron chi connectivity index (χ1n) is 5.86. The second-order valence-electron chi connectivity index (χ2n) is 4.36. The Morgan fingerprint density at radius 2 is 2.00 bits per heavy atom. The van der Waals surface area contributed by atoms with Crippen LogP contribution in [0.5, 0.6) is 0 Å². The average molecular weight is 246 g/mol. The Hall–Kier alpha value is -1.86. The highest BCUT2D eigenvalue weighted by Gasteiger charge is 2.16. The van der Waals surface area contributed by atoms with Crippen LogP contribution in [0.15, 0.2) is 24.3 Å². The minimum absolute atomic E-state index is 0.0307. The highest BCUT2D eigenvalue weighted by molar-refractivity contribution is 5.77. The van der Waals surface area contributed by atoms with Crippen LogP contribution in [0.3, 0.4) is 0 Å². The molecule has 1 amide bonds. The van der Waals surface area contributed by atoms with Crippen molar-refractivity contribution in [1.29, 1.82) is 5.26 Å². The number of hydrogen-bond acceptors (Lipinski definition) is 3. The molecule has 0 radical (unpaired) electrons. The average Bonchev–Trinajstić information content (AvgIpc) is 2.36. The number of hydrogen-bond donors (Lipinski definition) is 0. The molecule has 0 aromatic heterocycles. The van der Waals surface area contributed by atoms with Gasteiger partial charge in [-0.05, 0) is 31.5 Å². The van der Waals surface area contributed by atoms with Crippen LogP contribution < -0.4 is 0 Å². The zero-order chi connectivity index (χ0) is 13.5. The lowest BCUT2D eigenvalue weighted by molar-refractivity contribution is -0.137. The second-order valence-corrected chi connectivity index (χ2v) is 4.36. The van der Waals surface area contributed by atoms with Gasteiger partial charge in [-0.2, -0.15) is 5.26 Å². The maximum Gasteiger partial charge on any atom is 0.249 e. The van der Waals surface area contributed by atoms with Crippen molar-refractivity contribution in [3.8, 4) is 6.07 Å². The lowest BCUT2D eigenvalue weighted by atomic mass is 10.1. The number of carbonyl (C=O) groups excluding carboxylic acids is 1. The second kappa shape index (κ2) is 6.77. The van der Waals surface area contributed by atoms with E-state index in [-0.39, 0.29) is 18.6 Å². The molecule has 0 bridgehead atoms. The van der Waals surface area contributed by atoms with Gasteiger partial charge in [-0.1, -0.05) is 12.1 Å². The highest BCUT2D eigenvalue weighted by Crippen LogP contribution is 2.10. The van der Waals surface area contributed by atoms with Crippen LogP contribution in [0, 0.1) is 11.3 Å². The van der Waals surface area contributed by atoms with Crippen LogP contribution in [-0.2, 0) is 16.1 Å². The van der Waals surface area contributed by atoms with Crippen molar-refractivity contribution in [2.45, 2.75) is 26.4 Å². The molecule has 1 aromatic carbocycles. The summed E-state index contributed by atoms with van der Waals surface area (Å²) in [7, 11) is 1.51. The van der Waals surface area contributed by atoms with E-state index in [0.717, 1.165) is 5.56 Å². The Morgan fingerprint density at radius 1 is 1.39 bits per heavy atom. The fourth-order valence-corrected chi connectivity index (χ4v) is 1.65. The van der Waals surface area contributed by atoms with Gasteiger partial charge in [0.15, 0.2) is 0 Å². The van der Waals surface area contributed by atoms with Crippen molar-refractivity contribution < 1.29 is 9.53 Å². The van der Waals surface area contributed by atoms with Gasteiger partial charge < -0.3 is 9.64 Å². The first kappa shape index (κ1) is 14.2. The van der Waals surface area contributed by atoms with E-state index in [1.54, 1.807) is 17.0 Å². The van der Waals surface area contributed by atoms with Crippen molar-refractivity contribution in [2.24, 2.45) is 0 Å². The summed E-state index contributed by atoms with van der Waals surface area (Å²) in [6, 6.07) is 9.44. The van der Waals surface area contributed by atoms with Gasteiger partial charge in [0.05, 0.1) is 11.6 Å². The summed E-state index contributed by atoms with van der Waals surface area (Å²) in [5.74, 6) is -0.0307. The number of nitrogens with zero attached hydrogens (tertiary/aromatic N) is 2. The quantitative estimate of drug-likeness (QED) is 0.797. The number of rotatable bonds is 5. The van der Waals surface area contributed by atoms with E-state index in [1.807, 2.05) is 26.0 Å². The van der Waals surface area contributed by atoms with Gasteiger partial charge in [0.1, 0.15) is 6.61 Å². The number of ether oxygens (including phenoxy) is 1. The Morgan fingerprint density at radius 3 is 2.44 bits per heavy atom. The summed E-state index contributed by atoms with van der Waals surface area (Å²) in [6.07, 6.45) is 0. The zero-order valence-corrected chi connectivity index (χ0v) is 11.0. The van der Waals surface area contributed by atoms with Crippen LogP contribution >= 0.6 is 0 Å². The molecule has 96 valence electrons. The molecule has 1 rings (SSSR count). The molecule has 0 saturated heterocycles. The van der Waals surface area contributed by atoms with Gasteiger partial charge in [-0.15, -0.1) is 0 Å². The standard InChI is InChI=1S/C14H18N2O2/c1-11(2)16(14(17)10-18-3)9-13-6-4-12(8-15)5-7-13/h4-7,11H,9-10H2,1-3H3. The van der Waals surface area contributed by atoms with Gasteiger partial charge in [-0.3, -0.25) is 4.79 Å². The minimum atomic E-state index is -0.0307. The third-order valence-electron chi connectivity index (χ3n) is 2.65. The molecule has 0 heterocycles. The number of benzene rings is 1. The summed E-state index contributed by atoms with van der Waals surface area (Å²) >= 11 is 0. The van der Waals surface area contributed by atoms with E-state index in [0.29, 0.717) is 12.1 Å².